The van der Waals surface area contributed by atoms with Gasteiger partial charge >= 0.3 is 0 Å². The van der Waals surface area contributed by atoms with Crippen molar-refractivity contribution in [3.8, 4) is 0 Å². The number of aromatic amines is 1. The van der Waals surface area contributed by atoms with Crippen LogP contribution in [-0.2, 0) is 14.8 Å². The first-order valence-corrected chi connectivity index (χ1v) is 10.1. The molecule has 4 rings (SSSR count). The summed E-state index contributed by atoms with van der Waals surface area (Å²) < 4.78 is 26.7. The molecule has 2 aromatic heterocycles. The number of benzene rings is 1. The number of nitrogens with zero attached hydrogens (tertiary/aromatic N) is 3. The number of hydrogen-bond donors (Lipinski definition) is 2. The van der Waals surface area contributed by atoms with Crippen molar-refractivity contribution < 1.29 is 13.2 Å². The van der Waals surface area contributed by atoms with E-state index in [4.69, 9.17) is 0 Å². The maximum absolute atomic E-state index is 12.6. The smallest absolute Gasteiger partial charge is 0.244 e. The highest BCUT2D eigenvalue weighted by Gasteiger charge is 2.32. The number of rotatable bonds is 4. The van der Waals surface area contributed by atoms with Gasteiger partial charge in [-0.25, -0.2) is 13.4 Å². The Bertz CT molecular complexity index is 1020. The summed E-state index contributed by atoms with van der Waals surface area (Å²) in [5.41, 5.74) is 1.63. The van der Waals surface area contributed by atoms with E-state index in [-0.39, 0.29) is 16.7 Å². The summed E-state index contributed by atoms with van der Waals surface area (Å²) in [5.74, 6) is 0.0117. The number of sulfonamides is 1. The van der Waals surface area contributed by atoms with Crippen LogP contribution in [0, 0.1) is 5.92 Å². The van der Waals surface area contributed by atoms with E-state index in [1.54, 1.807) is 6.07 Å². The normalized spacial score (nSPS) is 16.4. The van der Waals surface area contributed by atoms with E-state index in [0.29, 0.717) is 31.9 Å². The molecule has 1 fully saturated rings. The summed E-state index contributed by atoms with van der Waals surface area (Å²) in [6.45, 7) is 0.602. The standard InChI is InChI=1S/C18H19N5O3S/c24-17(22-18-20-15-5-1-2-6-16(15)21-18)13-7-10-23(11-8-13)27(25,26)14-4-3-9-19-12-14/h1-6,9,12-13H,7-8,10-11H2,(H2,20,21,22,24). The molecule has 2 N–H and O–H groups in total. The number of anilines is 1. The minimum absolute atomic E-state index is 0.146. The molecule has 0 bridgehead atoms. The number of para-hydroxylation sites is 2. The lowest BCUT2D eigenvalue weighted by molar-refractivity contribution is -0.120. The Kier molecular flexibility index (Phi) is 4.63. The molecule has 1 saturated heterocycles. The monoisotopic (exact) mass is 385 g/mol. The van der Waals surface area contributed by atoms with Crippen molar-refractivity contribution in [2.45, 2.75) is 17.7 Å². The van der Waals surface area contributed by atoms with Gasteiger partial charge in [-0.05, 0) is 37.1 Å². The predicted molar refractivity (Wildman–Crippen MR) is 100 cm³/mol. The number of aromatic nitrogens is 3. The lowest BCUT2D eigenvalue weighted by Gasteiger charge is -2.30. The van der Waals surface area contributed by atoms with Gasteiger partial charge in [0, 0.05) is 31.4 Å². The molecule has 0 saturated carbocycles. The minimum atomic E-state index is -3.57. The summed E-state index contributed by atoms with van der Waals surface area (Å²) in [6.07, 6.45) is 3.81. The SMILES string of the molecule is O=C(Nc1nc2ccccc2[nH]1)C1CCN(S(=O)(=O)c2cccnc2)CC1. The largest absolute Gasteiger partial charge is 0.324 e. The highest BCUT2D eigenvalue weighted by molar-refractivity contribution is 7.89. The number of carbonyl (C=O) groups is 1. The minimum Gasteiger partial charge on any atom is -0.324 e. The lowest BCUT2D eigenvalue weighted by Crippen LogP contribution is -2.41. The molecule has 9 heteroatoms. The molecule has 3 heterocycles. The summed E-state index contributed by atoms with van der Waals surface area (Å²) >= 11 is 0. The van der Waals surface area contributed by atoms with Crippen molar-refractivity contribution >= 4 is 32.9 Å². The van der Waals surface area contributed by atoms with Gasteiger partial charge in [0.1, 0.15) is 4.90 Å². The summed E-state index contributed by atoms with van der Waals surface area (Å²) in [5, 5.41) is 2.80. The number of imidazole rings is 1. The number of nitrogens with one attached hydrogen (secondary N) is 2. The van der Waals surface area contributed by atoms with Crippen LogP contribution in [0.15, 0.2) is 53.7 Å². The van der Waals surface area contributed by atoms with E-state index in [1.807, 2.05) is 24.3 Å². The van der Waals surface area contributed by atoms with Crippen molar-refractivity contribution in [2.75, 3.05) is 18.4 Å². The topological polar surface area (TPSA) is 108 Å². The van der Waals surface area contributed by atoms with Crippen molar-refractivity contribution in [3.05, 3.63) is 48.8 Å². The summed E-state index contributed by atoms with van der Waals surface area (Å²) in [7, 11) is -3.57. The first-order valence-electron chi connectivity index (χ1n) is 8.70. The number of hydrogen-bond acceptors (Lipinski definition) is 5. The van der Waals surface area contributed by atoms with Crippen LogP contribution in [0.2, 0.25) is 0 Å². The zero-order chi connectivity index (χ0) is 18.9. The third kappa shape index (κ3) is 3.56. The Morgan fingerprint density at radius 3 is 2.63 bits per heavy atom. The Hall–Kier alpha value is -2.78. The number of piperidine rings is 1. The second-order valence-electron chi connectivity index (χ2n) is 6.46. The van der Waals surface area contributed by atoms with E-state index in [9.17, 15) is 13.2 Å². The van der Waals surface area contributed by atoms with Gasteiger partial charge in [0.15, 0.2) is 0 Å². The van der Waals surface area contributed by atoms with Gasteiger partial charge in [0.05, 0.1) is 11.0 Å². The highest BCUT2D eigenvalue weighted by Crippen LogP contribution is 2.24. The van der Waals surface area contributed by atoms with Crippen LogP contribution >= 0.6 is 0 Å². The molecule has 1 amide bonds. The van der Waals surface area contributed by atoms with Crippen LogP contribution in [-0.4, -0.2) is 46.7 Å². The van der Waals surface area contributed by atoms with Gasteiger partial charge in [-0.15, -0.1) is 0 Å². The van der Waals surface area contributed by atoms with Gasteiger partial charge in [-0.3, -0.25) is 15.1 Å². The average Bonchev–Trinajstić information content (AvgIpc) is 3.11. The van der Waals surface area contributed by atoms with Crippen LogP contribution in [0.25, 0.3) is 11.0 Å². The maximum Gasteiger partial charge on any atom is 0.244 e. The van der Waals surface area contributed by atoms with E-state index < -0.39 is 10.0 Å². The lowest BCUT2D eigenvalue weighted by atomic mass is 9.97. The Morgan fingerprint density at radius 2 is 1.93 bits per heavy atom. The van der Waals surface area contributed by atoms with Crippen LogP contribution in [0.5, 0.6) is 0 Å². The molecule has 0 atom stereocenters. The summed E-state index contributed by atoms with van der Waals surface area (Å²) in [4.78, 5) is 24.0. The second-order valence-corrected chi connectivity index (χ2v) is 8.40. The molecule has 0 spiro atoms. The Labute approximate surface area is 156 Å². The molecule has 0 radical (unpaired) electrons. The van der Waals surface area contributed by atoms with Gasteiger partial charge in [-0.2, -0.15) is 4.31 Å². The fraction of sp³-hybridized carbons (Fsp3) is 0.278. The zero-order valence-corrected chi connectivity index (χ0v) is 15.3. The van der Waals surface area contributed by atoms with Crippen LogP contribution in [0.4, 0.5) is 5.95 Å². The third-order valence-corrected chi connectivity index (χ3v) is 6.61. The van der Waals surface area contributed by atoms with Crippen LogP contribution in [0.3, 0.4) is 0 Å². The number of H-pyrrole nitrogens is 1. The molecular weight excluding hydrogens is 366 g/mol. The maximum atomic E-state index is 12.6. The second kappa shape index (κ2) is 7.09. The van der Waals surface area contributed by atoms with Gasteiger partial charge in [0.2, 0.25) is 21.9 Å². The van der Waals surface area contributed by atoms with E-state index in [0.717, 1.165) is 11.0 Å². The van der Waals surface area contributed by atoms with Crippen molar-refractivity contribution in [3.63, 3.8) is 0 Å². The van der Waals surface area contributed by atoms with Gasteiger partial charge in [-0.1, -0.05) is 12.1 Å². The molecule has 3 aromatic rings. The quantitative estimate of drug-likeness (QED) is 0.714. The molecular formula is C18H19N5O3S. The van der Waals surface area contributed by atoms with Crippen molar-refractivity contribution in [1.29, 1.82) is 0 Å². The van der Waals surface area contributed by atoms with E-state index in [1.165, 1.54) is 22.8 Å². The molecule has 1 aromatic carbocycles. The Morgan fingerprint density at radius 1 is 1.15 bits per heavy atom. The first kappa shape index (κ1) is 17.6. The number of pyridine rings is 1. The van der Waals surface area contributed by atoms with Crippen molar-refractivity contribution in [1.82, 2.24) is 19.3 Å². The molecule has 1 aliphatic rings. The highest BCUT2D eigenvalue weighted by atomic mass is 32.2. The molecule has 0 unspecified atom stereocenters. The zero-order valence-electron chi connectivity index (χ0n) is 14.5. The average molecular weight is 385 g/mol. The van der Waals surface area contributed by atoms with Crippen molar-refractivity contribution in [2.24, 2.45) is 5.92 Å². The fourth-order valence-corrected chi connectivity index (χ4v) is 4.67. The third-order valence-electron chi connectivity index (χ3n) is 4.73. The molecule has 0 aliphatic carbocycles. The van der Waals surface area contributed by atoms with Crippen LogP contribution < -0.4 is 5.32 Å². The van der Waals surface area contributed by atoms with Gasteiger partial charge < -0.3 is 4.98 Å². The Balaban J connectivity index is 1.39. The number of amides is 1. The molecule has 1 aliphatic heterocycles. The van der Waals surface area contributed by atoms with E-state index >= 15 is 0 Å². The van der Waals surface area contributed by atoms with Crippen LogP contribution in [0.1, 0.15) is 12.8 Å². The molecule has 27 heavy (non-hydrogen) atoms. The number of fused-ring (bicyclic) bond motifs is 1. The number of carbonyl (C=O) groups excluding carboxylic acids is 1. The molecule has 140 valence electrons. The fourth-order valence-electron chi connectivity index (χ4n) is 3.24. The molecule has 8 nitrogen and oxygen atoms in total. The predicted octanol–water partition coefficient (Wildman–Crippen LogP) is 2.00. The summed E-state index contributed by atoms with van der Waals surface area (Å²) in [6, 6.07) is 10.7. The first-order chi connectivity index (χ1) is 13.0. The van der Waals surface area contributed by atoms with E-state index in [2.05, 4.69) is 20.3 Å². The van der Waals surface area contributed by atoms with Gasteiger partial charge in [0.25, 0.3) is 0 Å².